The molecule has 0 aliphatic carbocycles. The largest absolute Gasteiger partial charge is 0.496 e. The van der Waals surface area contributed by atoms with E-state index < -0.39 is 40.4 Å². The summed E-state index contributed by atoms with van der Waals surface area (Å²) in [5.41, 5.74) is 10.4. The zero-order chi connectivity index (χ0) is 92.1. The van der Waals surface area contributed by atoms with Crippen molar-refractivity contribution in [2.75, 3.05) is 94.3 Å². The van der Waals surface area contributed by atoms with Gasteiger partial charge in [-0.25, -0.2) is 29.7 Å². The van der Waals surface area contributed by atoms with Gasteiger partial charge in [-0.2, -0.15) is 0 Å². The number of aromatic carboxylic acids is 1. The van der Waals surface area contributed by atoms with Gasteiger partial charge >= 0.3 is 13.1 Å². The number of methoxy groups -OCH3 is 4. The zero-order valence-corrected chi connectivity index (χ0v) is 79.9. The summed E-state index contributed by atoms with van der Waals surface area (Å²) in [6, 6.07) is 37.1. The third-order valence-corrected chi connectivity index (χ3v) is 24.6. The Hall–Kier alpha value is -11.2. The van der Waals surface area contributed by atoms with E-state index in [-0.39, 0.29) is 29.3 Å². The van der Waals surface area contributed by atoms with Crippen molar-refractivity contribution in [1.29, 1.82) is 0 Å². The van der Waals surface area contributed by atoms with Crippen LogP contribution in [0.1, 0.15) is 80.1 Å². The molecule has 38 heteroatoms. The van der Waals surface area contributed by atoms with Crippen LogP contribution in [0.2, 0.25) is 56.5 Å². The number of carboxylic acids is 1. The van der Waals surface area contributed by atoms with Crippen LogP contribution in [-0.4, -0.2) is 232 Å². The lowest BCUT2D eigenvalue weighted by molar-refractivity contribution is 0.00578. The van der Waals surface area contributed by atoms with Gasteiger partial charge in [-0.05, 0) is 181 Å². The van der Waals surface area contributed by atoms with E-state index in [0.717, 1.165) is 128 Å². The van der Waals surface area contributed by atoms with Crippen molar-refractivity contribution in [3.63, 3.8) is 0 Å². The highest BCUT2D eigenvalue weighted by atomic mass is 79.9. The number of carboxylic acid groups (broad SMARTS) is 1. The summed E-state index contributed by atoms with van der Waals surface area (Å²) in [7, 11) is 3.65. The predicted octanol–water partition coefficient (Wildman–Crippen LogP) is 15.0. The molecule has 128 heavy (non-hydrogen) atoms. The number of amides is 4. The molecule has 4 amide bonds. The summed E-state index contributed by atoms with van der Waals surface area (Å²) in [4.78, 5) is 108. The summed E-state index contributed by atoms with van der Waals surface area (Å²) in [6.07, 6.45) is 18.9. The van der Waals surface area contributed by atoms with Gasteiger partial charge in [-0.15, -0.1) is 0 Å². The minimum absolute atomic E-state index is 0.0585. The SMILES string of the molecule is COCCNC(=O)c1ccc(-c2ccc3c(n2)[nH]c2ccncc23)cn1.COCCNC(=O)c1ccc(-c2ccc3c4cnccc4n(COCC[Si](C)(C)C)c3n2)cn1.COCCNC(=O)c1ccc(B2OC(C)(C)C(C)(C)O2)cn1.COCCNC(=O)c1ccc(Br)cn1.C[Si](C)(C)CCOCn1c2ccncc2c2ccc(Cl)nc21.O=C(O)c1ccc(Br)cn1. The number of carbonyl (C=O) groups is 5. The molecule has 0 spiro atoms. The summed E-state index contributed by atoms with van der Waals surface area (Å²) in [5, 5.41) is 26.1. The number of carbonyl (C=O) groups excluding carboxylic acids is 4. The van der Waals surface area contributed by atoms with Crippen LogP contribution in [0.15, 0.2) is 192 Å². The molecule has 0 unspecified atom stereocenters. The fourth-order valence-electron chi connectivity index (χ4n) is 12.3. The zero-order valence-electron chi connectivity index (χ0n) is 74.0. The second-order valence-corrected chi connectivity index (χ2v) is 46.0. The van der Waals surface area contributed by atoms with E-state index in [1.54, 1.807) is 114 Å². The summed E-state index contributed by atoms with van der Waals surface area (Å²) < 4.78 is 49.2. The Bertz CT molecular complexity index is 6020. The first-order valence-corrected chi connectivity index (χ1v) is 50.5. The number of ether oxygens (including phenoxy) is 6. The molecule has 0 aromatic carbocycles. The number of rotatable bonds is 30. The van der Waals surface area contributed by atoms with Crippen molar-refractivity contribution in [2.45, 2.75) is 104 Å². The number of aromatic amines is 1. The number of hydrogen-bond acceptors (Lipinski definition) is 24. The fourth-order valence-corrected chi connectivity index (χ4v) is 14.4. The monoisotopic (exact) mass is 1920 g/mol. The first kappa shape index (κ1) is 99.0. The normalized spacial score (nSPS) is 12.6. The number of nitrogens with zero attached hydrogens (tertiary/aromatic N) is 13. The molecule has 15 rings (SSSR count). The van der Waals surface area contributed by atoms with Crippen LogP contribution in [0, 0.1) is 0 Å². The molecule has 1 aliphatic rings. The van der Waals surface area contributed by atoms with Gasteiger partial charge in [0.2, 0.25) is 0 Å². The molecule has 1 aliphatic heterocycles. The Balaban J connectivity index is 0.000000166. The van der Waals surface area contributed by atoms with E-state index in [1.165, 1.54) is 12.3 Å². The van der Waals surface area contributed by atoms with Crippen LogP contribution in [0.3, 0.4) is 0 Å². The Morgan fingerprint density at radius 2 is 0.836 bits per heavy atom. The maximum Gasteiger partial charge on any atom is 0.496 e. The quantitative estimate of drug-likeness (QED) is 0.0138. The molecule has 14 aromatic heterocycles. The summed E-state index contributed by atoms with van der Waals surface area (Å²) in [5.74, 6) is -1.87. The molecule has 0 radical (unpaired) electrons. The van der Waals surface area contributed by atoms with Gasteiger partial charge in [-0.3, -0.25) is 49.1 Å². The van der Waals surface area contributed by atoms with E-state index >= 15 is 0 Å². The Kier molecular flexibility index (Phi) is 36.5. The molecule has 32 nitrogen and oxygen atoms in total. The number of hydrogen-bond donors (Lipinski definition) is 6. The van der Waals surface area contributed by atoms with Crippen LogP contribution < -0.4 is 26.7 Å². The average Bonchev–Trinajstić information content (AvgIpc) is 1.62. The van der Waals surface area contributed by atoms with Crippen molar-refractivity contribution in [2.24, 2.45) is 0 Å². The van der Waals surface area contributed by atoms with Gasteiger partial charge in [0, 0.05) is 210 Å². The fraction of sp³-hybridized carbons (Fsp3) is 0.333. The smallest absolute Gasteiger partial charge is 0.477 e. The molecule has 14 aromatic rings. The number of H-pyrrole nitrogens is 1. The molecule has 6 N–H and O–H groups in total. The van der Waals surface area contributed by atoms with Gasteiger partial charge in [0.15, 0.2) is 0 Å². The standard InChI is InChI=1S/C25H31N5O3Si.C19H17N5O2.C16H20ClN3OSi.C15H23BN2O4.C9H11BrN2O2.C6H4BrNO2/c1-32-12-11-27-25(31)22-7-5-18(15-28-22)21-8-6-19-20-16-26-10-9-23(20)30(24(19)29-21)17-33-13-14-34(2,3)4;1-26-9-8-21-19(25)17-4-2-12(10-22-17)15-5-3-13-14-11-20-7-6-16(14)24-18(13)23-15;1-22(2,3)9-8-21-11-20-14-6-7-18-10-13(14)12-4-5-15(17)19-16(12)20;1-14(2)15(3,4)22-16(21-14)11-6-7-12(18-10-11)13(19)17-8-9-20-5;1-14-5-4-11-9(13)8-3-2-7(10)6-12-8;7-4-1-2-5(6(9)10)8-3-4/h5-10,15-16H,11-14,17H2,1-4H3,(H,27,31);2-7,10-11H,8-9H2,1H3,(H,21,25)(H,23,24);4-7,10H,8-9,11H2,1-3H3;6-7,10H,8-9H2,1-5H3,(H,17,19);2-3,6H,4-5H2,1H3,(H,11,13);1-3H,(H,9,10). The third-order valence-electron chi connectivity index (χ3n) is 20.1. The maximum atomic E-state index is 12.2. The molecule has 1 fully saturated rings. The number of halogens is 3. The lowest BCUT2D eigenvalue weighted by atomic mass is 9.80. The van der Waals surface area contributed by atoms with E-state index in [2.05, 4.69) is 162 Å². The lowest BCUT2D eigenvalue weighted by Crippen LogP contribution is -2.41. The second kappa shape index (κ2) is 47.2. The number of fused-ring (bicyclic) bond motifs is 9. The number of aromatic nitrogens is 14. The van der Waals surface area contributed by atoms with Crippen molar-refractivity contribution < 1.29 is 66.8 Å². The van der Waals surface area contributed by atoms with Gasteiger partial charge in [0.05, 0.1) is 65.6 Å². The van der Waals surface area contributed by atoms with E-state index in [9.17, 15) is 24.0 Å². The summed E-state index contributed by atoms with van der Waals surface area (Å²) >= 11 is 12.4. The Morgan fingerprint density at radius 3 is 1.24 bits per heavy atom. The molecule has 0 atom stereocenters. The number of nitrogens with one attached hydrogen (secondary N) is 5. The molecule has 1 saturated heterocycles. The number of pyridine rings is 11. The van der Waals surface area contributed by atoms with Crippen LogP contribution in [0.25, 0.3) is 88.3 Å². The topological polar surface area (TPSA) is 395 Å². The minimum Gasteiger partial charge on any atom is -0.477 e. The van der Waals surface area contributed by atoms with Crippen molar-refractivity contribution >= 4 is 168 Å². The second-order valence-electron chi connectivity index (χ2n) is 32.5. The molecule has 15 heterocycles. The van der Waals surface area contributed by atoms with Gasteiger partial charge < -0.3 is 78.2 Å². The Labute approximate surface area is 766 Å². The molecular formula is C90H106BBr2ClN18O14Si2. The molecular weight excluding hydrogens is 1820 g/mol. The maximum absolute atomic E-state index is 12.2. The van der Waals surface area contributed by atoms with Gasteiger partial charge in [0.25, 0.3) is 23.6 Å². The van der Waals surface area contributed by atoms with Crippen molar-refractivity contribution in [3.05, 3.63) is 226 Å². The highest BCUT2D eigenvalue weighted by Gasteiger charge is 2.52. The Morgan fingerprint density at radius 1 is 0.445 bits per heavy atom. The molecule has 0 saturated carbocycles. The van der Waals surface area contributed by atoms with Gasteiger partial charge in [0.1, 0.15) is 64.0 Å². The average molecular weight is 1930 g/mol. The molecule has 672 valence electrons. The third kappa shape index (κ3) is 28.2. The van der Waals surface area contributed by atoms with E-state index in [4.69, 9.17) is 59.4 Å². The van der Waals surface area contributed by atoms with Crippen LogP contribution in [0.5, 0.6) is 0 Å². The van der Waals surface area contributed by atoms with E-state index in [1.807, 2.05) is 107 Å². The van der Waals surface area contributed by atoms with Crippen molar-refractivity contribution in [3.8, 4) is 22.5 Å². The first-order chi connectivity index (χ1) is 61.3. The van der Waals surface area contributed by atoms with Crippen molar-refractivity contribution in [1.82, 2.24) is 90.2 Å². The first-order valence-electron chi connectivity index (χ1n) is 41.1. The van der Waals surface area contributed by atoms with Crippen LogP contribution >= 0.6 is 43.5 Å². The van der Waals surface area contributed by atoms with Gasteiger partial charge in [-0.1, -0.05) is 56.9 Å². The van der Waals surface area contributed by atoms with Crippen LogP contribution in [0.4, 0.5) is 0 Å². The lowest BCUT2D eigenvalue weighted by Gasteiger charge is -2.32. The highest BCUT2D eigenvalue weighted by Crippen LogP contribution is 2.37. The molecule has 0 bridgehead atoms. The predicted molar refractivity (Wildman–Crippen MR) is 509 cm³/mol. The van der Waals surface area contributed by atoms with E-state index in [0.29, 0.717) is 94.0 Å². The highest BCUT2D eigenvalue weighted by molar-refractivity contribution is 9.10. The minimum atomic E-state index is -1.16. The summed E-state index contributed by atoms with van der Waals surface area (Å²) in [6.45, 7) is 28.3. The van der Waals surface area contributed by atoms with Crippen LogP contribution in [-0.2, 0) is 51.2 Å².